The first-order valence-corrected chi connectivity index (χ1v) is 11.0. The van der Waals surface area contributed by atoms with Crippen LogP contribution in [0.3, 0.4) is 0 Å². The van der Waals surface area contributed by atoms with Gasteiger partial charge in [0.25, 0.3) is 0 Å². The predicted molar refractivity (Wildman–Crippen MR) is 121 cm³/mol. The second-order valence-corrected chi connectivity index (χ2v) is 8.78. The number of aryl methyl sites for hydroxylation is 3. The van der Waals surface area contributed by atoms with E-state index in [0.717, 1.165) is 53.5 Å². The first-order valence-electron chi connectivity index (χ1n) is 11.0. The summed E-state index contributed by atoms with van der Waals surface area (Å²) in [4.78, 5) is 28.1. The summed E-state index contributed by atoms with van der Waals surface area (Å²) < 4.78 is 0. The zero-order valence-corrected chi connectivity index (χ0v) is 18.7. The van der Waals surface area contributed by atoms with Crippen LogP contribution in [0.4, 0.5) is 0 Å². The van der Waals surface area contributed by atoms with Crippen molar-refractivity contribution in [2.75, 3.05) is 0 Å². The fourth-order valence-corrected chi connectivity index (χ4v) is 4.24. The van der Waals surface area contributed by atoms with Crippen molar-refractivity contribution < 1.29 is 9.59 Å². The molecule has 2 amide bonds. The molecular weight excluding hydrogens is 372 g/mol. The van der Waals surface area contributed by atoms with Crippen molar-refractivity contribution in [2.24, 2.45) is 0 Å². The summed E-state index contributed by atoms with van der Waals surface area (Å²) in [5.74, 6) is -0.0665. The second kappa shape index (κ2) is 9.92. The van der Waals surface area contributed by atoms with E-state index in [-0.39, 0.29) is 17.9 Å². The minimum atomic E-state index is -0.510. The highest BCUT2D eigenvalue weighted by molar-refractivity contribution is 5.88. The highest BCUT2D eigenvalue weighted by atomic mass is 16.2. The van der Waals surface area contributed by atoms with Crippen LogP contribution < -0.4 is 5.32 Å². The van der Waals surface area contributed by atoms with Crippen molar-refractivity contribution in [2.45, 2.75) is 78.4 Å². The molecule has 0 aromatic heterocycles. The number of carbonyl (C=O) groups excluding carboxylic acids is 2. The lowest BCUT2D eigenvalue weighted by Gasteiger charge is -2.30. The van der Waals surface area contributed by atoms with Crippen molar-refractivity contribution in [1.82, 2.24) is 10.2 Å². The van der Waals surface area contributed by atoms with Crippen LogP contribution in [0, 0.1) is 20.8 Å². The van der Waals surface area contributed by atoms with E-state index in [0.29, 0.717) is 13.0 Å². The summed E-state index contributed by atoms with van der Waals surface area (Å²) in [7, 11) is 0. The van der Waals surface area contributed by atoms with Crippen molar-refractivity contribution in [3.63, 3.8) is 0 Å². The first-order chi connectivity index (χ1) is 14.3. The number of benzene rings is 2. The van der Waals surface area contributed by atoms with Gasteiger partial charge in [0.1, 0.15) is 6.04 Å². The molecule has 4 heteroatoms. The number of hydrogen-bond donors (Lipinski definition) is 1. The maximum Gasteiger partial charge on any atom is 0.242 e. The molecule has 1 atom stereocenters. The molecule has 1 unspecified atom stereocenters. The van der Waals surface area contributed by atoms with E-state index < -0.39 is 6.04 Å². The van der Waals surface area contributed by atoms with Gasteiger partial charge in [-0.2, -0.15) is 0 Å². The summed E-state index contributed by atoms with van der Waals surface area (Å²) in [6, 6.07) is 14.1. The lowest BCUT2D eigenvalue weighted by molar-refractivity contribution is -0.140. The first kappa shape index (κ1) is 22.1. The van der Waals surface area contributed by atoms with Gasteiger partial charge in [-0.3, -0.25) is 9.59 Å². The minimum Gasteiger partial charge on any atom is -0.352 e. The molecule has 1 aliphatic carbocycles. The predicted octanol–water partition coefficient (Wildman–Crippen LogP) is 4.63. The van der Waals surface area contributed by atoms with Gasteiger partial charge in [0.15, 0.2) is 0 Å². The van der Waals surface area contributed by atoms with Crippen LogP contribution in [0.2, 0.25) is 0 Å². The molecule has 3 rings (SSSR count). The topological polar surface area (TPSA) is 49.4 Å². The minimum absolute atomic E-state index is 0.0146. The SMILES string of the molecule is Cc1cccc(CN(C(=O)Cc2cc(C)ccc2C)C(C)C(=O)NC2CCCC2)c1. The van der Waals surface area contributed by atoms with E-state index in [1.807, 2.05) is 45.9 Å². The third kappa shape index (κ3) is 5.71. The van der Waals surface area contributed by atoms with Gasteiger partial charge in [0.2, 0.25) is 11.8 Å². The van der Waals surface area contributed by atoms with Crippen molar-refractivity contribution in [3.8, 4) is 0 Å². The van der Waals surface area contributed by atoms with Gasteiger partial charge in [0.05, 0.1) is 6.42 Å². The largest absolute Gasteiger partial charge is 0.352 e. The fraction of sp³-hybridized carbons (Fsp3) is 0.462. The van der Waals surface area contributed by atoms with E-state index in [1.54, 1.807) is 4.90 Å². The van der Waals surface area contributed by atoms with E-state index in [4.69, 9.17) is 0 Å². The molecule has 0 aliphatic heterocycles. The van der Waals surface area contributed by atoms with Gasteiger partial charge in [-0.05, 0) is 57.2 Å². The number of nitrogens with zero attached hydrogens (tertiary/aromatic N) is 1. The molecule has 1 aliphatic rings. The third-order valence-electron chi connectivity index (χ3n) is 6.15. The summed E-state index contributed by atoms with van der Waals surface area (Å²) in [6.45, 7) is 8.40. The Morgan fingerprint density at radius 3 is 2.43 bits per heavy atom. The zero-order valence-electron chi connectivity index (χ0n) is 18.7. The highest BCUT2D eigenvalue weighted by Gasteiger charge is 2.28. The number of amides is 2. The van der Waals surface area contributed by atoms with E-state index in [9.17, 15) is 9.59 Å². The number of hydrogen-bond acceptors (Lipinski definition) is 2. The van der Waals surface area contributed by atoms with Crippen LogP contribution in [0.25, 0.3) is 0 Å². The molecule has 1 saturated carbocycles. The van der Waals surface area contributed by atoms with Crippen LogP contribution in [-0.2, 0) is 22.6 Å². The molecule has 2 aromatic carbocycles. The second-order valence-electron chi connectivity index (χ2n) is 8.78. The molecule has 1 fully saturated rings. The van der Waals surface area contributed by atoms with E-state index in [2.05, 4.69) is 29.6 Å². The molecule has 1 N–H and O–H groups in total. The van der Waals surface area contributed by atoms with Crippen LogP contribution in [0.1, 0.15) is 60.4 Å². The van der Waals surface area contributed by atoms with Crippen LogP contribution in [0.5, 0.6) is 0 Å². The van der Waals surface area contributed by atoms with Gasteiger partial charge in [-0.15, -0.1) is 0 Å². The zero-order chi connectivity index (χ0) is 21.7. The number of carbonyl (C=O) groups is 2. The van der Waals surface area contributed by atoms with Gasteiger partial charge < -0.3 is 10.2 Å². The Balaban J connectivity index is 1.80. The number of rotatable bonds is 7. The molecule has 4 nitrogen and oxygen atoms in total. The van der Waals surface area contributed by atoms with Crippen LogP contribution in [0.15, 0.2) is 42.5 Å². The van der Waals surface area contributed by atoms with Crippen molar-refractivity contribution >= 4 is 11.8 Å². The monoisotopic (exact) mass is 406 g/mol. The molecule has 30 heavy (non-hydrogen) atoms. The van der Waals surface area contributed by atoms with Gasteiger partial charge in [-0.25, -0.2) is 0 Å². The Kier molecular flexibility index (Phi) is 7.30. The molecule has 2 aromatic rings. The quantitative estimate of drug-likeness (QED) is 0.729. The summed E-state index contributed by atoms with van der Waals surface area (Å²) in [5, 5.41) is 3.16. The maximum absolute atomic E-state index is 13.4. The Bertz CT molecular complexity index is 900. The molecule has 0 radical (unpaired) electrons. The van der Waals surface area contributed by atoms with Crippen molar-refractivity contribution in [1.29, 1.82) is 0 Å². The molecule has 0 saturated heterocycles. The molecule has 0 heterocycles. The fourth-order valence-electron chi connectivity index (χ4n) is 4.24. The normalized spacial score (nSPS) is 15.1. The standard InChI is InChI=1S/C26H34N2O2/c1-18-8-7-9-22(14-18)17-28(21(4)26(30)27-24-10-5-6-11-24)25(29)16-23-15-19(2)12-13-20(23)3/h7-9,12-15,21,24H,5-6,10-11,16-17H2,1-4H3,(H,27,30). The Morgan fingerprint density at radius 2 is 1.73 bits per heavy atom. The van der Waals surface area contributed by atoms with Gasteiger partial charge in [0, 0.05) is 12.6 Å². The molecule has 0 spiro atoms. The smallest absolute Gasteiger partial charge is 0.242 e. The maximum atomic E-state index is 13.4. The summed E-state index contributed by atoms with van der Waals surface area (Å²) in [6.07, 6.45) is 4.70. The molecule has 160 valence electrons. The lowest BCUT2D eigenvalue weighted by Crippen LogP contribution is -2.50. The molecule has 0 bridgehead atoms. The summed E-state index contributed by atoms with van der Waals surface area (Å²) >= 11 is 0. The van der Waals surface area contributed by atoms with Crippen LogP contribution >= 0.6 is 0 Å². The Labute approximate surface area is 180 Å². The lowest BCUT2D eigenvalue weighted by atomic mass is 10.0. The van der Waals surface area contributed by atoms with Crippen LogP contribution in [-0.4, -0.2) is 28.8 Å². The van der Waals surface area contributed by atoms with E-state index >= 15 is 0 Å². The average Bonchev–Trinajstić information content (AvgIpc) is 3.21. The number of nitrogens with one attached hydrogen (secondary N) is 1. The Hall–Kier alpha value is -2.62. The molecular formula is C26H34N2O2. The Morgan fingerprint density at radius 1 is 1.03 bits per heavy atom. The van der Waals surface area contributed by atoms with Gasteiger partial charge in [-0.1, -0.05) is 66.4 Å². The van der Waals surface area contributed by atoms with Gasteiger partial charge >= 0.3 is 0 Å². The highest BCUT2D eigenvalue weighted by Crippen LogP contribution is 2.20. The van der Waals surface area contributed by atoms with Crippen molar-refractivity contribution in [3.05, 3.63) is 70.3 Å². The third-order valence-corrected chi connectivity index (χ3v) is 6.15. The van der Waals surface area contributed by atoms with E-state index in [1.165, 1.54) is 0 Å². The average molecular weight is 407 g/mol. The summed E-state index contributed by atoms with van der Waals surface area (Å²) in [5.41, 5.74) is 5.47.